The molecule has 2 atom stereocenters. The van der Waals surface area contributed by atoms with Gasteiger partial charge in [0.2, 0.25) is 10.0 Å². The summed E-state index contributed by atoms with van der Waals surface area (Å²) >= 11 is 0. The lowest BCUT2D eigenvalue weighted by Crippen LogP contribution is -2.51. The molecule has 0 radical (unpaired) electrons. The number of nitrogens with zero attached hydrogens (tertiary/aromatic N) is 1. The highest BCUT2D eigenvalue weighted by Crippen LogP contribution is 2.27. The smallest absolute Gasteiger partial charge is 0.243 e. The Bertz CT molecular complexity index is 740. The van der Waals surface area contributed by atoms with Crippen molar-refractivity contribution in [3.05, 3.63) is 24.3 Å². The van der Waals surface area contributed by atoms with E-state index in [2.05, 4.69) is 0 Å². The van der Waals surface area contributed by atoms with Gasteiger partial charge in [-0.1, -0.05) is 13.3 Å². The van der Waals surface area contributed by atoms with Gasteiger partial charge in [0.1, 0.15) is 0 Å². The molecule has 2 rings (SSSR count). The molecule has 1 aromatic carbocycles. The Morgan fingerprint density at radius 3 is 2.22 bits per heavy atom. The first-order valence-electron chi connectivity index (χ1n) is 7.80. The van der Waals surface area contributed by atoms with E-state index in [-0.39, 0.29) is 27.6 Å². The predicted molar refractivity (Wildman–Crippen MR) is 89.3 cm³/mol. The van der Waals surface area contributed by atoms with Crippen molar-refractivity contribution in [3.8, 4) is 0 Å². The summed E-state index contributed by atoms with van der Waals surface area (Å²) in [5.74, 6) is -0.0159. The highest BCUT2D eigenvalue weighted by Gasteiger charge is 2.35. The van der Waals surface area contributed by atoms with E-state index < -0.39 is 19.9 Å². The van der Waals surface area contributed by atoms with Crippen molar-refractivity contribution in [1.29, 1.82) is 0 Å². The minimum Gasteiger partial charge on any atom is -0.326 e. The SMILES string of the molecule is CCS(=O)(=O)c1ccc(S(=O)(=O)N2CCCC[C@@H]2[C@@H](C)N)cc1. The zero-order chi connectivity index (χ0) is 17.3. The predicted octanol–water partition coefficient (Wildman–Crippen LogP) is 1.37. The molecular weight excluding hydrogens is 336 g/mol. The second kappa shape index (κ2) is 6.88. The van der Waals surface area contributed by atoms with Crippen LogP contribution in [0.5, 0.6) is 0 Å². The van der Waals surface area contributed by atoms with Crippen molar-refractivity contribution < 1.29 is 16.8 Å². The molecule has 0 unspecified atom stereocenters. The summed E-state index contributed by atoms with van der Waals surface area (Å²) < 4.78 is 50.8. The zero-order valence-corrected chi connectivity index (χ0v) is 15.1. The Morgan fingerprint density at radius 2 is 1.70 bits per heavy atom. The lowest BCUT2D eigenvalue weighted by atomic mass is 10.00. The molecule has 1 fully saturated rings. The Kier molecular flexibility index (Phi) is 5.50. The maximum Gasteiger partial charge on any atom is 0.243 e. The normalized spacial score (nSPS) is 22.0. The summed E-state index contributed by atoms with van der Waals surface area (Å²) in [5, 5.41) is 0. The third-order valence-electron chi connectivity index (χ3n) is 4.27. The fraction of sp³-hybridized carbons (Fsp3) is 0.600. The number of hydrogen-bond donors (Lipinski definition) is 1. The first-order valence-corrected chi connectivity index (χ1v) is 10.9. The van der Waals surface area contributed by atoms with Crippen LogP contribution in [0.1, 0.15) is 33.1 Å². The molecule has 23 heavy (non-hydrogen) atoms. The highest BCUT2D eigenvalue weighted by molar-refractivity contribution is 7.91. The number of rotatable bonds is 5. The van der Waals surface area contributed by atoms with Gasteiger partial charge in [-0.25, -0.2) is 16.8 Å². The fourth-order valence-electron chi connectivity index (χ4n) is 2.88. The van der Waals surface area contributed by atoms with Crippen LogP contribution in [-0.4, -0.2) is 45.5 Å². The van der Waals surface area contributed by atoms with E-state index in [9.17, 15) is 16.8 Å². The van der Waals surface area contributed by atoms with E-state index in [1.165, 1.54) is 28.6 Å². The second-order valence-corrected chi connectivity index (χ2v) is 10.1. The van der Waals surface area contributed by atoms with E-state index in [0.29, 0.717) is 6.54 Å². The van der Waals surface area contributed by atoms with Gasteiger partial charge >= 0.3 is 0 Å². The largest absolute Gasteiger partial charge is 0.326 e. The average Bonchev–Trinajstić information content (AvgIpc) is 2.55. The van der Waals surface area contributed by atoms with Gasteiger partial charge in [0.05, 0.1) is 15.5 Å². The van der Waals surface area contributed by atoms with Crippen molar-refractivity contribution in [1.82, 2.24) is 4.31 Å². The molecule has 2 N–H and O–H groups in total. The molecule has 1 heterocycles. The lowest BCUT2D eigenvalue weighted by Gasteiger charge is -2.36. The van der Waals surface area contributed by atoms with E-state index in [4.69, 9.17) is 5.73 Å². The van der Waals surface area contributed by atoms with Gasteiger partial charge in [0.15, 0.2) is 9.84 Å². The van der Waals surface area contributed by atoms with Crippen LogP contribution in [0.3, 0.4) is 0 Å². The molecular formula is C15H24N2O4S2. The van der Waals surface area contributed by atoms with Crippen LogP contribution >= 0.6 is 0 Å². The molecule has 0 bridgehead atoms. The van der Waals surface area contributed by atoms with E-state index in [1.54, 1.807) is 6.92 Å². The molecule has 0 saturated carbocycles. The molecule has 1 aromatic rings. The van der Waals surface area contributed by atoms with E-state index >= 15 is 0 Å². The van der Waals surface area contributed by atoms with Gasteiger partial charge in [0.25, 0.3) is 0 Å². The monoisotopic (exact) mass is 360 g/mol. The van der Waals surface area contributed by atoms with Crippen LogP contribution in [0.15, 0.2) is 34.1 Å². The van der Waals surface area contributed by atoms with Crippen LogP contribution in [-0.2, 0) is 19.9 Å². The summed E-state index contributed by atoms with van der Waals surface area (Å²) in [5.41, 5.74) is 5.95. The van der Waals surface area contributed by atoms with Crippen molar-refractivity contribution in [2.75, 3.05) is 12.3 Å². The number of benzene rings is 1. The summed E-state index contributed by atoms with van der Waals surface area (Å²) in [4.78, 5) is 0.251. The maximum atomic E-state index is 12.9. The number of piperidine rings is 1. The third kappa shape index (κ3) is 3.76. The molecule has 6 nitrogen and oxygen atoms in total. The maximum absolute atomic E-state index is 12.9. The van der Waals surface area contributed by atoms with Crippen molar-refractivity contribution in [3.63, 3.8) is 0 Å². The van der Waals surface area contributed by atoms with Crippen LogP contribution < -0.4 is 5.73 Å². The van der Waals surface area contributed by atoms with Gasteiger partial charge in [-0.3, -0.25) is 0 Å². The molecule has 1 aliphatic heterocycles. The summed E-state index contributed by atoms with van der Waals surface area (Å²) in [7, 11) is -7.00. The van der Waals surface area contributed by atoms with Crippen LogP contribution in [0.4, 0.5) is 0 Å². The Labute approximate surface area is 138 Å². The molecule has 8 heteroatoms. The highest BCUT2D eigenvalue weighted by atomic mass is 32.2. The zero-order valence-electron chi connectivity index (χ0n) is 13.5. The minimum atomic E-state index is -3.67. The van der Waals surface area contributed by atoms with Crippen LogP contribution in [0, 0.1) is 0 Å². The molecule has 1 saturated heterocycles. The van der Waals surface area contributed by atoms with Crippen molar-refractivity contribution in [2.24, 2.45) is 5.73 Å². The first-order chi connectivity index (χ1) is 10.7. The van der Waals surface area contributed by atoms with Crippen molar-refractivity contribution in [2.45, 2.75) is 55.0 Å². The molecule has 130 valence electrons. The Balaban J connectivity index is 2.36. The summed E-state index contributed by atoms with van der Waals surface area (Å²) in [6, 6.07) is 4.99. The lowest BCUT2D eigenvalue weighted by molar-refractivity contribution is 0.227. The van der Waals surface area contributed by atoms with E-state index in [0.717, 1.165) is 19.3 Å². The number of hydrogen-bond acceptors (Lipinski definition) is 5. The number of nitrogens with two attached hydrogens (primary N) is 1. The van der Waals surface area contributed by atoms with Gasteiger partial charge in [0, 0.05) is 18.6 Å². The second-order valence-electron chi connectivity index (χ2n) is 5.91. The topological polar surface area (TPSA) is 97.5 Å². The molecule has 0 aliphatic carbocycles. The molecule has 1 aliphatic rings. The average molecular weight is 361 g/mol. The molecule has 0 spiro atoms. The van der Waals surface area contributed by atoms with E-state index in [1.807, 2.05) is 6.92 Å². The standard InChI is InChI=1S/C15H24N2O4S2/c1-3-22(18,19)13-7-9-14(10-8-13)23(20,21)17-11-5-4-6-15(17)12(2)16/h7-10,12,15H,3-6,11,16H2,1-2H3/t12-,15-/m1/s1. The summed E-state index contributed by atoms with van der Waals surface area (Å²) in [6.07, 6.45) is 2.52. The van der Waals surface area contributed by atoms with Gasteiger partial charge in [-0.15, -0.1) is 0 Å². The number of sulfonamides is 1. The Morgan fingerprint density at radius 1 is 1.13 bits per heavy atom. The summed E-state index contributed by atoms with van der Waals surface area (Å²) in [6.45, 7) is 3.82. The molecule has 0 amide bonds. The van der Waals surface area contributed by atoms with Gasteiger partial charge < -0.3 is 5.73 Å². The minimum absolute atomic E-state index is 0.0159. The number of sulfone groups is 1. The van der Waals surface area contributed by atoms with Crippen LogP contribution in [0.2, 0.25) is 0 Å². The third-order valence-corrected chi connectivity index (χ3v) is 7.96. The fourth-order valence-corrected chi connectivity index (χ4v) is 5.53. The van der Waals surface area contributed by atoms with Crippen LogP contribution in [0.25, 0.3) is 0 Å². The molecule has 0 aromatic heterocycles. The van der Waals surface area contributed by atoms with Gasteiger partial charge in [-0.05, 0) is 44.0 Å². The van der Waals surface area contributed by atoms with Crippen molar-refractivity contribution >= 4 is 19.9 Å². The van der Waals surface area contributed by atoms with Gasteiger partial charge in [-0.2, -0.15) is 4.31 Å². The first kappa shape index (κ1) is 18.4. The Hall–Kier alpha value is -0.960. The quantitative estimate of drug-likeness (QED) is 0.855.